The number of hydrogen-bond donors (Lipinski definition) is 1. The van der Waals surface area contributed by atoms with Gasteiger partial charge in [0.15, 0.2) is 0 Å². The number of sulfonamides is 1. The highest BCUT2D eigenvalue weighted by molar-refractivity contribution is 7.88. The lowest BCUT2D eigenvalue weighted by molar-refractivity contribution is -0.121. The van der Waals surface area contributed by atoms with E-state index in [4.69, 9.17) is 4.74 Å². The van der Waals surface area contributed by atoms with Gasteiger partial charge in [0.1, 0.15) is 0 Å². The van der Waals surface area contributed by atoms with E-state index in [9.17, 15) is 13.2 Å². The minimum atomic E-state index is -3.27. The normalized spacial score (nSPS) is 16.8. The number of rotatable bonds is 9. The lowest BCUT2D eigenvalue weighted by Crippen LogP contribution is -2.38. The molecule has 7 heteroatoms. The highest BCUT2D eigenvalue weighted by Gasteiger charge is 2.20. The van der Waals surface area contributed by atoms with Crippen molar-refractivity contribution >= 4 is 15.9 Å². The van der Waals surface area contributed by atoms with E-state index in [0.717, 1.165) is 25.7 Å². The van der Waals surface area contributed by atoms with Gasteiger partial charge >= 0.3 is 0 Å². The van der Waals surface area contributed by atoms with Crippen LogP contribution >= 0.6 is 0 Å². The number of nitrogens with zero attached hydrogens (tertiary/aromatic N) is 1. The molecule has 0 unspecified atom stereocenters. The molecule has 20 heavy (non-hydrogen) atoms. The SMILES string of the molecule is COCCCN(CCC(=O)NC1CCCC1)S(C)(=O)=O. The van der Waals surface area contributed by atoms with Crippen molar-refractivity contribution in [2.24, 2.45) is 0 Å². The predicted molar refractivity (Wildman–Crippen MR) is 77.9 cm³/mol. The fraction of sp³-hybridized carbons (Fsp3) is 0.923. The second-order valence-corrected chi connectivity index (χ2v) is 7.29. The molecule has 0 aromatic heterocycles. The van der Waals surface area contributed by atoms with E-state index in [1.54, 1.807) is 7.11 Å². The summed E-state index contributed by atoms with van der Waals surface area (Å²) in [7, 11) is -1.69. The second kappa shape index (κ2) is 8.59. The van der Waals surface area contributed by atoms with E-state index in [0.29, 0.717) is 19.6 Å². The van der Waals surface area contributed by atoms with E-state index in [2.05, 4.69) is 5.32 Å². The number of amides is 1. The highest BCUT2D eigenvalue weighted by atomic mass is 32.2. The van der Waals surface area contributed by atoms with Gasteiger partial charge in [-0.15, -0.1) is 0 Å². The van der Waals surface area contributed by atoms with E-state index in [-0.39, 0.29) is 24.9 Å². The van der Waals surface area contributed by atoms with Gasteiger partial charge in [-0.1, -0.05) is 12.8 Å². The zero-order chi connectivity index (χ0) is 15.0. The maximum atomic E-state index is 11.8. The molecule has 0 atom stereocenters. The lowest BCUT2D eigenvalue weighted by atomic mass is 10.2. The van der Waals surface area contributed by atoms with Gasteiger partial charge in [0.25, 0.3) is 0 Å². The van der Waals surface area contributed by atoms with Gasteiger partial charge in [0.05, 0.1) is 6.26 Å². The van der Waals surface area contributed by atoms with E-state index in [1.165, 1.54) is 10.6 Å². The number of methoxy groups -OCH3 is 1. The summed E-state index contributed by atoms with van der Waals surface area (Å²) in [6.07, 6.45) is 6.43. The maximum absolute atomic E-state index is 11.8. The molecule has 6 nitrogen and oxygen atoms in total. The minimum absolute atomic E-state index is 0.0581. The molecule has 1 aliphatic carbocycles. The molecule has 0 saturated heterocycles. The van der Waals surface area contributed by atoms with Crippen molar-refractivity contribution in [2.45, 2.75) is 44.6 Å². The molecule has 1 saturated carbocycles. The Morgan fingerprint density at radius 2 is 1.95 bits per heavy atom. The van der Waals surface area contributed by atoms with Crippen LogP contribution in [0.5, 0.6) is 0 Å². The first-order valence-electron chi connectivity index (χ1n) is 7.17. The summed E-state index contributed by atoms with van der Waals surface area (Å²) < 4.78 is 29.5. The molecule has 0 aromatic rings. The summed E-state index contributed by atoms with van der Waals surface area (Å²) in [5, 5.41) is 2.97. The van der Waals surface area contributed by atoms with E-state index < -0.39 is 10.0 Å². The topological polar surface area (TPSA) is 75.7 Å². The zero-order valence-corrected chi connectivity index (χ0v) is 13.2. The second-order valence-electron chi connectivity index (χ2n) is 5.31. The van der Waals surface area contributed by atoms with Crippen molar-refractivity contribution in [1.82, 2.24) is 9.62 Å². The fourth-order valence-electron chi connectivity index (χ4n) is 2.42. The average Bonchev–Trinajstić information content (AvgIpc) is 2.84. The Morgan fingerprint density at radius 3 is 2.50 bits per heavy atom. The van der Waals surface area contributed by atoms with Crippen LogP contribution < -0.4 is 5.32 Å². The molecule has 0 bridgehead atoms. The molecule has 1 fully saturated rings. The molecule has 0 aromatic carbocycles. The number of hydrogen-bond acceptors (Lipinski definition) is 4. The van der Waals surface area contributed by atoms with Crippen LogP contribution in [-0.2, 0) is 19.6 Å². The smallest absolute Gasteiger partial charge is 0.221 e. The molecule has 118 valence electrons. The summed E-state index contributed by atoms with van der Waals surface area (Å²) in [5.41, 5.74) is 0. The first kappa shape index (κ1) is 17.4. The fourth-order valence-corrected chi connectivity index (χ4v) is 3.31. The van der Waals surface area contributed by atoms with Crippen LogP contribution in [-0.4, -0.2) is 57.7 Å². The van der Waals surface area contributed by atoms with Gasteiger partial charge in [-0.05, 0) is 19.3 Å². The van der Waals surface area contributed by atoms with Gasteiger partial charge in [-0.2, -0.15) is 0 Å². The van der Waals surface area contributed by atoms with Crippen molar-refractivity contribution < 1.29 is 17.9 Å². The van der Waals surface area contributed by atoms with E-state index >= 15 is 0 Å². The average molecular weight is 306 g/mol. The molecule has 1 rings (SSSR count). The lowest BCUT2D eigenvalue weighted by Gasteiger charge is -2.20. The van der Waals surface area contributed by atoms with Crippen molar-refractivity contribution in [1.29, 1.82) is 0 Å². The van der Waals surface area contributed by atoms with Gasteiger partial charge in [0, 0.05) is 39.3 Å². The third-order valence-electron chi connectivity index (χ3n) is 3.53. The molecular weight excluding hydrogens is 280 g/mol. The zero-order valence-electron chi connectivity index (χ0n) is 12.4. The monoisotopic (exact) mass is 306 g/mol. The standard InChI is InChI=1S/C13H26N2O4S/c1-19-11-5-9-15(20(2,17)18)10-8-13(16)14-12-6-3-4-7-12/h12H,3-11H2,1-2H3,(H,14,16). The summed E-state index contributed by atoms with van der Waals surface area (Å²) >= 11 is 0. The van der Waals surface area contributed by atoms with Crippen LogP contribution in [0.3, 0.4) is 0 Å². The highest BCUT2D eigenvalue weighted by Crippen LogP contribution is 2.17. The predicted octanol–water partition coefficient (Wildman–Crippen LogP) is 0.733. The third-order valence-corrected chi connectivity index (χ3v) is 4.84. The first-order valence-corrected chi connectivity index (χ1v) is 9.01. The summed E-state index contributed by atoms with van der Waals surface area (Å²) in [4.78, 5) is 11.8. The number of carbonyl (C=O) groups is 1. The molecule has 0 radical (unpaired) electrons. The third kappa shape index (κ3) is 6.67. The molecule has 0 spiro atoms. The molecular formula is C13H26N2O4S. The van der Waals surface area contributed by atoms with E-state index in [1.807, 2.05) is 0 Å². The van der Waals surface area contributed by atoms with Gasteiger partial charge < -0.3 is 10.1 Å². The van der Waals surface area contributed by atoms with Gasteiger partial charge in [-0.25, -0.2) is 12.7 Å². The molecule has 1 N–H and O–H groups in total. The molecule has 0 heterocycles. The Labute approximate surface area is 121 Å². The number of carbonyl (C=O) groups excluding carboxylic acids is 1. The summed E-state index contributed by atoms with van der Waals surface area (Å²) in [6.45, 7) is 1.14. The Hall–Kier alpha value is -0.660. The van der Waals surface area contributed by atoms with Crippen molar-refractivity contribution in [3.05, 3.63) is 0 Å². The largest absolute Gasteiger partial charge is 0.385 e. The van der Waals surface area contributed by atoms with Gasteiger partial charge in [-0.3, -0.25) is 4.79 Å². The molecule has 0 aliphatic heterocycles. The van der Waals surface area contributed by atoms with Crippen LogP contribution in [0.2, 0.25) is 0 Å². The Morgan fingerprint density at radius 1 is 1.30 bits per heavy atom. The Kier molecular flexibility index (Phi) is 7.47. The summed E-state index contributed by atoms with van der Waals surface area (Å²) in [6, 6.07) is 0.280. The minimum Gasteiger partial charge on any atom is -0.385 e. The molecule has 1 aliphatic rings. The number of ether oxygens (including phenoxy) is 1. The van der Waals surface area contributed by atoms with Crippen LogP contribution in [0.25, 0.3) is 0 Å². The first-order chi connectivity index (χ1) is 9.43. The van der Waals surface area contributed by atoms with Crippen molar-refractivity contribution in [3.63, 3.8) is 0 Å². The van der Waals surface area contributed by atoms with Crippen LogP contribution in [0.1, 0.15) is 38.5 Å². The Bertz CT molecular complexity index is 391. The van der Waals surface area contributed by atoms with Crippen LogP contribution in [0.15, 0.2) is 0 Å². The quantitative estimate of drug-likeness (QED) is 0.637. The maximum Gasteiger partial charge on any atom is 0.221 e. The summed E-state index contributed by atoms with van der Waals surface area (Å²) in [5.74, 6) is -0.0581. The van der Waals surface area contributed by atoms with Crippen molar-refractivity contribution in [3.8, 4) is 0 Å². The van der Waals surface area contributed by atoms with Crippen molar-refractivity contribution in [2.75, 3.05) is 33.1 Å². The number of nitrogens with one attached hydrogen (secondary N) is 1. The van der Waals surface area contributed by atoms with Gasteiger partial charge in [0.2, 0.25) is 15.9 Å². The molecule has 1 amide bonds. The van der Waals surface area contributed by atoms with Crippen LogP contribution in [0, 0.1) is 0 Å². The Balaban J connectivity index is 2.34. The van der Waals surface area contributed by atoms with Crippen LogP contribution in [0.4, 0.5) is 0 Å².